The van der Waals surface area contributed by atoms with E-state index in [1.54, 1.807) is 33.1 Å². The lowest BCUT2D eigenvalue weighted by molar-refractivity contribution is 0.224. The predicted octanol–water partition coefficient (Wildman–Crippen LogP) is 10.2. The van der Waals surface area contributed by atoms with E-state index in [0.717, 1.165) is 74.7 Å². The van der Waals surface area contributed by atoms with Gasteiger partial charge in [-0.1, -0.05) is 43.7 Å². The van der Waals surface area contributed by atoms with E-state index in [2.05, 4.69) is 126 Å². The van der Waals surface area contributed by atoms with Gasteiger partial charge in [0.15, 0.2) is 11.5 Å². The number of ether oxygens (including phenoxy) is 3. The molecular weight excluding hydrogens is 675 g/mol. The second kappa shape index (κ2) is 17.2. The van der Waals surface area contributed by atoms with Crippen molar-refractivity contribution in [3.05, 3.63) is 125 Å². The van der Waals surface area contributed by atoms with Crippen LogP contribution in [0, 0.1) is 0 Å². The van der Waals surface area contributed by atoms with Gasteiger partial charge in [0, 0.05) is 42.8 Å². The van der Waals surface area contributed by atoms with Crippen LogP contribution in [0.1, 0.15) is 73.2 Å². The van der Waals surface area contributed by atoms with Crippen molar-refractivity contribution in [1.82, 2.24) is 10.2 Å². The first-order valence-electron chi connectivity index (χ1n) is 19.3. The van der Waals surface area contributed by atoms with Gasteiger partial charge in [-0.25, -0.2) is 0 Å². The Morgan fingerprint density at radius 2 is 1.62 bits per heavy atom. The van der Waals surface area contributed by atoms with Gasteiger partial charge in [-0.2, -0.15) is 0 Å². The molecule has 2 aliphatic heterocycles. The van der Waals surface area contributed by atoms with Crippen molar-refractivity contribution < 1.29 is 14.2 Å². The number of thioether (sulfide) groups is 1. The largest absolute Gasteiger partial charge is 0.497 e. The molecule has 278 valence electrons. The number of nitrogens with zero attached hydrogens (tertiary/aromatic N) is 2. The van der Waals surface area contributed by atoms with Crippen LogP contribution < -0.4 is 24.4 Å². The van der Waals surface area contributed by atoms with E-state index in [-0.39, 0.29) is 6.04 Å². The van der Waals surface area contributed by atoms with E-state index < -0.39 is 0 Å². The maximum Gasteiger partial charge on any atom is 0.163 e. The third-order valence-electron chi connectivity index (χ3n) is 11.0. The van der Waals surface area contributed by atoms with Crippen LogP contribution in [-0.4, -0.2) is 58.2 Å². The molecule has 3 aliphatic rings. The smallest absolute Gasteiger partial charge is 0.163 e. The summed E-state index contributed by atoms with van der Waals surface area (Å²) in [6, 6.07) is 30.0. The van der Waals surface area contributed by atoms with Crippen LogP contribution in [0.5, 0.6) is 17.2 Å². The highest BCUT2D eigenvalue weighted by molar-refractivity contribution is 7.98. The SMILES string of the molecule is CCCc1cc(-c2cccc(CN(c3ccc(SC)cc3)C3CCN(CC4=CC(c5cc(OC)cc(C6CC6)c5)NC=C4)CC3)c2)cc(OC)c1OC. The van der Waals surface area contributed by atoms with Crippen molar-refractivity contribution in [3.8, 4) is 28.4 Å². The van der Waals surface area contributed by atoms with Gasteiger partial charge in [0.1, 0.15) is 5.75 Å². The minimum Gasteiger partial charge on any atom is -0.497 e. The number of hydrogen-bond donors (Lipinski definition) is 1. The first kappa shape index (κ1) is 37.0. The number of piperidine rings is 1. The van der Waals surface area contributed by atoms with Crippen molar-refractivity contribution in [1.29, 1.82) is 0 Å². The molecule has 0 amide bonds. The van der Waals surface area contributed by atoms with Crippen molar-refractivity contribution in [2.24, 2.45) is 0 Å². The molecule has 7 heteroatoms. The fraction of sp³-hybridized carbons (Fsp3) is 0.391. The monoisotopic (exact) mass is 729 g/mol. The standard InChI is InChI=1S/C46H55N3O3S/c1-6-8-36-25-38(29-45(51-3)46(36)52-4)35-10-7-9-32(23-35)31-49(40-13-15-43(53-5)16-14-40)41-18-21-48(22-19-41)30-33-17-20-47-44(24-33)39-26-37(34-11-12-34)27-42(28-39)50-2/h7,9-10,13-17,20,23-29,34,41,44,47H,6,8,11-12,18-19,21-22,30-31H2,1-5H3. The summed E-state index contributed by atoms with van der Waals surface area (Å²) in [5.74, 6) is 3.28. The van der Waals surface area contributed by atoms with Crippen LogP contribution in [0.3, 0.4) is 0 Å². The Morgan fingerprint density at radius 3 is 2.32 bits per heavy atom. The number of hydrogen-bond acceptors (Lipinski definition) is 7. The molecule has 4 aromatic rings. The molecule has 0 bridgehead atoms. The summed E-state index contributed by atoms with van der Waals surface area (Å²) in [6.45, 7) is 6.18. The summed E-state index contributed by atoms with van der Waals surface area (Å²) < 4.78 is 17.2. The highest BCUT2D eigenvalue weighted by atomic mass is 32.2. The number of aryl methyl sites for hydroxylation is 1. The first-order valence-corrected chi connectivity index (χ1v) is 20.5. The molecule has 0 radical (unpaired) electrons. The van der Waals surface area contributed by atoms with Gasteiger partial charge in [0.25, 0.3) is 0 Å². The number of anilines is 1. The van der Waals surface area contributed by atoms with Crippen LogP contribution in [0.15, 0.2) is 108 Å². The molecule has 1 saturated heterocycles. The normalized spacial score (nSPS) is 17.6. The number of rotatable bonds is 15. The van der Waals surface area contributed by atoms with E-state index >= 15 is 0 Å². The fourth-order valence-electron chi connectivity index (χ4n) is 8.03. The van der Waals surface area contributed by atoms with Gasteiger partial charge in [0.05, 0.1) is 27.4 Å². The van der Waals surface area contributed by atoms with Gasteiger partial charge in [-0.05, 0) is 150 Å². The third-order valence-corrected chi connectivity index (χ3v) is 11.8. The zero-order valence-corrected chi connectivity index (χ0v) is 32.9. The van der Waals surface area contributed by atoms with Crippen molar-refractivity contribution in [2.75, 3.05) is 52.1 Å². The van der Waals surface area contributed by atoms with Crippen LogP contribution in [-0.2, 0) is 13.0 Å². The summed E-state index contributed by atoms with van der Waals surface area (Å²) in [4.78, 5) is 6.58. The third kappa shape index (κ3) is 8.90. The second-order valence-electron chi connectivity index (χ2n) is 14.7. The molecule has 1 unspecified atom stereocenters. The van der Waals surface area contributed by atoms with E-state index in [0.29, 0.717) is 12.0 Å². The van der Waals surface area contributed by atoms with E-state index in [9.17, 15) is 0 Å². The van der Waals surface area contributed by atoms with Crippen molar-refractivity contribution in [2.45, 2.75) is 74.9 Å². The van der Waals surface area contributed by atoms with Gasteiger partial charge in [-0.3, -0.25) is 4.90 Å². The molecule has 1 N–H and O–H groups in total. The Hall–Kier alpha value is -4.33. The molecular formula is C46H55N3O3S. The van der Waals surface area contributed by atoms with Crippen LogP contribution in [0.4, 0.5) is 5.69 Å². The fourth-order valence-corrected chi connectivity index (χ4v) is 8.44. The Labute approximate surface area is 321 Å². The second-order valence-corrected chi connectivity index (χ2v) is 15.6. The molecule has 2 fully saturated rings. The lowest BCUT2D eigenvalue weighted by Gasteiger charge is -2.40. The van der Waals surface area contributed by atoms with Crippen LogP contribution in [0.2, 0.25) is 0 Å². The molecule has 7 rings (SSSR count). The topological polar surface area (TPSA) is 46.2 Å². The number of nitrogens with one attached hydrogen (secondary N) is 1. The highest BCUT2D eigenvalue weighted by Gasteiger charge is 2.28. The number of methoxy groups -OCH3 is 3. The average molecular weight is 730 g/mol. The number of dihydropyridines is 1. The summed E-state index contributed by atoms with van der Waals surface area (Å²) in [5, 5.41) is 3.59. The quantitative estimate of drug-likeness (QED) is 0.122. The van der Waals surface area contributed by atoms with Crippen molar-refractivity contribution in [3.63, 3.8) is 0 Å². The van der Waals surface area contributed by atoms with E-state index in [1.165, 1.54) is 56.8 Å². The Bertz CT molecular complexity index is 1910. The summed E-state index contributed by atoms with van der Waals surface area (Å²) in [6.07, 6.45) is 15.7. The zero-order chi connectivity index (χ0) is 36.7. The maximum absolute atomic E-state index is 5.79. The van der Waals surface area contributed by atoms with Crippen LogP contribution in [0.25, 0.3) is 11.1 Å². The molecule has 2 heterocycles. The van der Waals surface area contributed by atoms with E-state index in [1.807, 2.05) is 0 Å². The zero-order valence-electron chi connectivity index (χ0n) is 32.1. The minimum absolute atomic E-state index is 0.160. The molecule has 1 aliphatic carbocycles. The van der Waals surface area contributed by atoms with E-state index in [4.69, 9.17) is 14.2 Å². The first-order chi connectivity index (χ1) is 26.0. The van der Waals surface area contributed by atoms with Gasteiger partial charge in [-0.15, -0.1) is 11.8 Å². The summed E-state index contributed by atoms with van der Waals surface area (Å²) in [5.41, 5.74) is 10.2. The van der Waals surface area contributed by atoms with Crippen molar-refractivity contribution >= 4 is 17.4 Å². The Balaban J connectivity index is 1.07. The molecule has 1 atom stereocenters. The summed E-state index contributed by atoms with van der Waals surface area (Å²) in [7, 11) is 5.23. The predicted molar refractivity (Wildman–Crippen MR) is 221 cm³/mol. The number of likely N-dealkylation sites (tertiary alicyclic amines) is 1. The highest BCUT2D eigenvalue weighted by Crippen LogP contribution is 2.43. The molecule has 6 nitrogen and oxygen atoms in total. The average Bonchev–Trinajstić information content (AvgIpc) is 4.06. The maximum atomic E-state index is 5.79. The van der Waals surface area contributed by atoms with Gasteiger partial charge >= 0.3 is 0 Å². The lowest BCUT2D eigenvalue weighted by Crippen LogP contribution is -2.45. The molecule has 1 saturated carbocycles. The van der Waals surface area contributed by atoms with Gasteiger partial charge < -0.3 is 24.4 Å². The summed E-state index contributed by atoms with van der Waals surface area (Å²) >= 11 is 1.79. The Morgan fingerprint density at radius 1 is 0.830 bits per heavy atom. The minimum atomic E-state index is 0.160. The Kier molecular flexibility index (Phi) is 12.0. The molecule has 4 aromatic carbocycles. The molecule has 0 spiro atoms. The lowest BCUT2D eigenvalue weighted by atomic mass is 9.96. The van der Waals surface area contributed by atoms with Crippen LogP contribution >= 0.6 is 11.8 Å². The molecule has 0 aromatic heterocycles. The van der Waals surface area contributed by atoms with Gasteiger partial charge in [0.2, 0.25) is 0 Å². The molecule has 53 heavy (non-hydrogen) atoms. The number of benzene rings is 4.